The zero-order chi connectivity index (χ0) is 12.8. The standard InChI is InChI=1S/C14H25NSSi/c1-11(10-17(3,4)5)12-7-9-15-13(16)6-8-14(12,15)2/h12H,1,6-10H2,2-5H3/t12-,14+/m1/s1. The Morgan fingerprint density at radius 2 is 2.18 bits per heavy atom. The van der Waals surface area contributed by atoms with Gasteiger partial charge in [0.25, 0.3) is 0 Å². The molecule has 2 aliphatic rings. The van der Waals surface area contributed by atoms with Gasteiger partial charge in [0.15, 0.2) is 0 Å². The van der Waals surface area contributed by atoms with Crippen LogP contribution in [0.4, 0.5) is 0 Å². The second kappa shape index (κ2) is 4.20. The Labute approximate surface area is 112 Å². The highest BCUT2D eigenvalue weighted by Gasteiger charge is 2.50. The number of nitrogens with zero attached hydrogens (tertiary/aromatic N) is 1. The Bertz CT molecular complexity index is 358. The van der Waals surface area contributed by atoms with Gasteiger partial charge in [0, 0.05) is 32.5 Å². The van der Waals surface area contributed by atoms with E-state index in [9.17, 15) is 0 Å². The predicted octanol–water partition coefficient (Wildman–Crippen LogP) is 4.08. The highest BCUT2D eigenvalue weighted by atomic mass is 32.1. The molecule has 1 nitrogen and oxygen atoms in total. The molecule has 2 aliphatic heterocycles. The van der Waals surface area contributed by atoms with E-state index >= 15 is 0 Å². The van der Waals surface area contributed by atoms with Crippen molar-refractivity contribution in [3.8, 4) is 0 Å². The molecule has 3 heteroatoms. The van der Waals surface area contributed by atoms with Gasteiger partial charge in [0.2, 0.25) is 0 Å². The largest absolute Gasteiger partial charge is 0.360 e. The van der Waals surface area contributed by atoms with Gasteiger partial charge >= 0.3 is 0 Å². The van der Waals surface area contributed by atoms with E-state index in [1.807, 2.05) is 0 Å². The monoisotopic (exact) mass is 267 g/mol. The van der Waals surface area contributed by atoms with Crippen LogP contribution >= 0.6 is 12.2 Å². The first-order valence-corrected chi connectivity index (χ1v) is 10.8. The molecular weight excluding hydrogens is 242 g/mol. The van der Waals surface area contributed by atoms with Crippen molar-refractivity contribution in [3.63, 3.8) is 0 Å². The van der Waals surface area contributed by atoms with Crippen molar-refractivity contribution in [1.29, 1.82) is 0 Å². The highest BCUT2D eigenvalue weighted by Crippen LogP contribution is 2.48. The summed E-state index contributed by atoms with van der Waals surface area (Å²) >= 11 is 5.48. The molecule has 0 aliphatic carbocycles. The van der Waals surface area contributed by atoms with Crippen molar-refractivity contribution in [2.24, 2.45) is 5.92 Å². The van der Waals surface area contributed by atoms with Crippen molar-refractivity contribution in [2.75, 3.05) is 6.54 Å². The van der Waals surface area contributed by atoms with Crippen molar-refractivity contribution in [2.45, 2.75) is 57.4 Å². The Kier molecular flexibility index (Phi) is 3.28. The molecule has 2 rings (SSSR count). The fraction of sp³-hybridized carbons (Fsp3) is 0.786. The minimum Gasteiger partial charge on any atom is -0.360 e. The van der Waals surface area contributed by atoms with E-state index in [4.69, 9.17) is 12.2 Å². The molecule has 2 heterocycles. The maximum atomic E-state index is 5.48. The maximum Gasteiger partial charge on any atom is 0.0784 e. The molecule has 0 amide bonds. The molecule has 96 valence electrons. The summed E-state index contributed by atoms with van der Waals surface area (Å²) in [5.41, 5.74) is 1.80. The molecule has 2 fully saturated rings. The lowest BCUT2D eigenvalue weighted by atomic mass is 9.81. The summed E-state index contributed by atoms with van der Waals surface area (Å²) in [6, 6.07) is 1.27. The molecule has 0 radical (unpaired) electrons. The number of rotatable bonds is 3. The van der Waals surface area contributed by atoms with Gasteiger partial charge in [-0.15, -0.1) is 0 Å². The lowest BCUT2D eigenvalue weighted by molar-refractivity contribution is 0.238. The molecule has 0 aromatic carbocycles. The molecule has 0 bridgehead atoms. The second-order valence-corrected chi connectivity index (χ2v) is 13.1. The molecule has 17 heavy (non-hydrogen) atoms. The Balaban J connectivity index is 2.13. The van der Waals surface area contributed by atoms with Crippen molar-refractivity contribution in [1.82, 2.24) is 4.90 Å². The molecule has 0 spiro atoms. The normalized spacial score (nSPS) is 33.1. The van der Waals surface area contributed by atoms with E-state index in [1.54, 1.807) is 0 Å². The van der Waals surface area contributed by atoms with Crippen LogP contribution in [0.2, 0.25) is 25.7 Å². The smallest absolute Gasteiger partial charge is 0.0784 e. The maximum absolute atomic E-state index is 5.48. The quantitative estimate of drug-likeness (QED) is 0.430. The van der Waals surface area contributed by atoms with Crippen molar-refractivity contribution >= 4 is 25.3 Å². The van der Waals surface area contributed by atoms with Gasteiger partial charge in [-0.2, -0.15) is 0 Å². The van der Waals surface area contributed by atoms with Gasteiger partial charge < -0.3 is 4.90 Å². The zero-order valence-corrected chi connectivity index (χ0v) is 13.5. The van der Waals surface area contributed by atoms with E-state index in [1.165, 1.54) is 29.4 Å². The van der Waals surface area contributed by atoms with E-state index in [0.29, 0.717) is 11.5 Å². The van der Waals surface area contributed by atoms with Gasteiger partial charge in [-0.1, -0.05) is 44.0 Å². The number of thiocarbonyl (C=S) groups is 1. The van der Waals surface area contributed by atoms with Crippen LogP contribution < -0.4 is 0 Å². The van der Waals surface area contributed by atoms with Gasteiger partial charge in [0.05, 0.1) is 4.99 Å². The van der Waals surface area contributed by atoms with E-state index in [0.717, 1.165) is 13.0 Å². The van der Waals surface area contributed by atoms with Crippen LogP contribution in [-0.2, 0) is 0 Å². The van der Waals surface area contributed by atoms with Crippen LogP contribution in [0.1, 0.15) is 26.2 Å². The fourth-order valence-electron chi connectivity index (χ4n) is 3.67. The van der Waals surface area contributed by atoms with Gasteiger partial charge in [-0.05, 0) is 25.8 Å². The summed E-state index contributed by atoms with van der Waals surface area (Å²) in [5, 5.41) is 0. The predicted molar refractivity (Wildman–Crippen MR) is 82.3 cm³/mol. The summed E-state index contributed by atoms with van der Waals surface area (Å²) < 4.78 is 0. The molecule has 2 saturated heterocycles. The van der Waals surface area contributed by atoms with Gasteiger partial charge in [-0.3, -0.25) is 0 Å². The molecule has 0 aromatic heterocycles. The summed E-state index contributed by atoms with van der Waals surface area (Å²) in [6.07, 6.45) is 3.61. The fourth-order valence-corrected chi connectivity index (χ4v) is 5.69. The van der Waals surface area contributed by atoms with Crippen LogP contribution in [0.3, 0.4) is 0 Å². The van der Waals surface area contributed by atoms with Crippen LogP contribution in [0.25, 0.3) is 0 Å². The Hall–Kier alpha value is -0.153. The minimum absolute atomic E-state index is 0.299. The average molecular weight is 268 g/mol. The topological polar surface area (TPSA) is 3.24 Å². The molecule has 2 atom stereocenters. The lowest BCUT2D eigenvalue weighted by Crippen LogP contribution is -2.42. The first-order chi connectivity index (χ1) is 7.74. The molecule has 0 N–H and O–H groups in total. The second-order valence-electron chi connectivity index (χ2n) is 7.14. The summed E-state index contributed by atoms with van der Waals surface area (Å²) in [4.78, 5) is 3.68. The third-order valence-corrected chi connectivity index (χ3v) is 6.34. The number of hydrogen-bond donors (Lipinski definition) is 0. The van der Waals surface area contributed by atoms with Crippen LogP contribution in [0, 0.1) is 5.92 Å². The third kappa shape index (κ3) is 2.36. The number of hydrogen-bond acceptors (Lipinski definition) is 1. The summed E-state index contributed by atoms with van der Waals surface area (Å²) in [6.45, 7) is 15.3. The highest BCUT2D eigenvalue weighted by molar-refractivity contribution is 7.80. The van der Waals surface area contributed by atoms with Crippen molar-refractivity contribution < 1.29 is 0 Å². The van der Waals surface area contributed by atoms with E-state index in [-0.39, 0.29) is 0 Å². The Morgan fingerprint density at radius 3 is 2.76 bits per heavy atom. The van der Waals surface area contributed by atoms with Gasteiger partial charge in [-0.25, -0.2) is 0 Å². The SMILES string of the molecule is C=C(C[Si](C)(C)C)[C@H]1CCN2C(=S)CC[C@@]12C. The number of fused-ring (bicyclic) bond motifs is 1. The first-order valence-electron chi connectivity index (χ1n) is 6.72. The van der Waals surface area contributed by atoms with E-state index < -0.39 is 8.07 Å². The average Bonchev–Trinajstić information content (AvgIpc) is 2.62. The van der Waals surface area contributed by atoms with E-state index in [2.05, 4.69) is 38.0 Å². The molecule has 0 unspecified atom stereocenters. The zero-order valence-electron chi connectivity index (χ0n) is 11.7. The lowest BCUT2D eigenvalue weighted by Gasteiger charge is -2.36. The molecule has 0 saturated carbocycles. The Morgan fingerprint density at radius 1 is 1.53 bits per heavy atom. The van der Waals surface area contributed by atoms with Crippen LogP contribution in [-0.4, -0.2) is 30.0 Å². The summed E-state index contributed by atoms with van der Waals surface area (Å²) in [7, 11) is -1.03. The van der Waals surface area contributed by atoms with Crippen LogP contribution in [0.5, 0.6) is 0 Å². The third-order valence-electron chi connectivity index (χ3n) is 4.40. The van der Waals surface area contributed by atoms with Gasteiger partial charge in [0.1, 0.15) is 0 Å². The van der Waals surface area contributed by atoms with Crippen LogP contribution in [0.15, 0.2) is 12.2 Å². The van der Waals surface area contributed by atoms with Crippen molar-refractivity contribution in [3.05, 3.63) is 12.2 Å². The minimum atomic E-state index is -1.03. The summed E-state index contributed by atoms with van der Waals surface area (Å²) in [5.74, 6) is 0.676. The molecule has 0 aromatic rings. The molecular formula is C14H25NSSi. The first kappa shape index (κ1) is 13.3.